The van der Waals surface area contributed by atoms with E-state index in [9.17, 15) is 9.59 Å². The molecule has 114 valence electrons. The Balaban J connectivity index is 1.91. The number of nitrogens with zero attached hydrogens (tertiary/aromatic N) is 3. The fraction of sp³-hybridized carbons (Fsp3) is 0.286. The molecule has 22 heavy (non-hydrogen) atoms. The maximum absolute atomic E-state index is 12.2. The lowest BCUT2D eigenvalue weighted by Gasteiger charge is -2.12. The molecule has 8 heteroatoms. The largest absolute Gasteiger partial charge is 0.467 e. The quantitative estimate of drug-likeness (QED) is 0.806. The van der Waals surface area contributed by atoms with Gasteiger partial charge < -0.3 is 9.47 Å². The number of halogens is 1. The third kappa shape index (κ3) is 2.55. The summed E-state index contributed by atoms with van der Waals surface area (Å²) in [5.74, 6) is -0.315. The van der Waals surface area contributed by atoms with E-state index in [1.807, 2.05) is 0 Å². The Hall–Kier alpha value is -2.41. The normalized spacial score (nSPS) is 14.8. The van der Waals surface area contributed by atoms with Crippen LogP contribution >= 0.6 is 11.6 Å². The molecule has 0 aliphatic heterocycles. The second-order valence-corrected chi connectivity index (χ2v) is 5.12. The number of carbonyl (C=O) groups excluding carboxylic acids is 2. The Morgan fingerprint density at radius 2 is 2.18 bits per heavy atom. The zero-order valence-corrected chi connectivity index (χ0v) is 12.5. The van der Waals surface area contributed by atoms with Crippen molar-refractivity contribution in [3.05, 3.63) is 34.7 Å². The van der Waals surface area contributed by atoms with Gasteiger partial charge in [0.25, 0.3) is 0 Å². The minimum Gasteiger partial charge on any atom is -0.467 e. The molecular formula is C14H12ClN3O4. The summed E-state index contributed by atoms with van der Waals surface area (Å²) >= 11 is 6.19. The van der Waals surface area contributed by atoms with Gasteiger partial charge in [0.15, 0.2) is 11.4 Å². The number of ether oxygens (including phenoxy) is 2. The maximum atomic E-state index is 12.2. The van der Waals surface area contributed by atoms with Crippen molar-refractivity contribution >= 4 is 29.0 Å². The van der Waals surface area contributed by atoms with E-state index in [0.717, 1.165) is 0 Å². The van der Waals surface area contributed by atoms with Crippen molar-refractivity contribution < 1.29 is 19.1 Å². The summed E-state index contributed by atoms with van der Waals surface area (Å²) in [4.78, 5) is 23.6. The smallest absolute Gasteiger partial charge is 0.344 e. The fourth-order valence-corrected chi connectivity index (χ4v) is 2.48. The Bertz CT molecular complexity index is 797. The number of hydrogen-bond acceptors (Lipinski definition) is 6. The predicted octanol–water partition coefficient (Wildman–Crippen LogP) is 2.18. The molecule has 0 bridgehead atoms. The fourth-order valence-electron chi connectivity index (χ4n) is 2.22. The monoisotopic (exact) mass is 321 g/mol. The van der Waals surface area contributed by atoms with E-state index in [4.69, 9.17) is 21.1 Å². The minimum absolute atomic E-state index is 0.0437. The number of pyridine rings is 1. The number of esters is 1. The average molecular weight is 322 g/mol. The van der Waals surface area contributed by atoms with Gasteiger partial charge in [-0.1, -0.05) is 16.7 Å². The van der Waals surface area contributed by atoms with E-state index >= 15 is 0 Å². The van der Waals surface area contributed by atoms with Crippen molar-refractivity contribution in [3.8, 4) is 6.01 Å². The Morgan fingerprint density at radius 1 is 1.36 bits per heavy atom. The molecule has 0 N–H and O–H groups in total. The van der Waals surface area contributed by atoms with Crippen LogP contribution < -0.4 is 4.74 Å². The average Bonchev–Trinajstić information content (AvgIpc) is 2.91. The van der Waals surface area contributed by atoms with Crippen molar-refractivity contribution in [2.45, 2.75) is 19.3 Å². The van der Waals surface area contributed by atoms with Crippen LogP contribution in [0.25, 0.3) is 5.65 Å². The molecule has 0 amide bonds. The number of fused-ring (bicyclic) bond motifs is 1. The predicted molar refractivity (Wildman–Crippen MR) is 76.9 cm³/mol. The van der Waals surface area contributed by atoms with Crippen LogP contribution in [0.2, 0.25) is 5.02 Å². The molecule has 0 fully saturated rings. The van der Waals surface area contributed by atoms with Crippen molar-refractivity contribution in [1.29, 1.82) is 0 Å². The highest BCUT2D eigenvalue weighted by Crippen LogP contribution is 2.26. The van der Waals surface area contributed by atoms with Gasteiger partial charge in [-0.25, -0.2) is 4.79 Å². The molecular weight excluding hydrogens is 310 g/mol. The van der Waals surface area contributed by atoms with Crippen LogP contribution in [0.5, 0.6) is 6.01 Å². The number of carbonyl (C=O) groups is 2. The summed E-state index contributed by atoms with van der Waals surface area (Å²) < 4.78 is 11.8. The van der Waals surface area contributed by atoms with Crippen molar-refractivity contribution in [2.24, 2.45) is 0 Å². The van der Waals surface area contributed by atoms with Crippen LogP contribution in [0.3, 0.4) is 0 Å². The highest BCUT2D eigenvalue weighted by atomic mass is 35.5. The Morgan fingerprint density at radius 3 is 2.91 bits per heavy atom. The maximum Gasteiger partial charge on any atom is 0.344 e. The lowest BCUT2D eigenvalue weighted by molar-refractivity contribution is -0.115. The Kier molecular flexibility index (Phi) is 3.81. The van der Waals surface area contributed by atoms with E-state index in [2.05, 4.69) is 10.2 Å². The molecule has 2 aromatic rings. The molecule has 2 heterocycles. The highest BCUT2D eigenvalue weighted by molar-refractivity contribution is 6.36. The lowest BCUT2D eigenvalue weighted by Crippen LogP contribution is -2.11. The summed E-state index contributed by atoms with van der Waals surface area (Å²) in [5, 5.41) is 7.79. The molecule has 2 aromatic heterocycles. The molecule has 1 aliphatic carbocycles. The van der Waals surface area contributed by atoms with Gasteiger partial charge in [-0.05, 0) is 12.5 Å². The van der Waals surface area contributed by atoms with Crippen molar-refractivity contribution in [1.82, 2.24) is 14.6 Å². The number of methoxy groups -OCH3 is 1. The van der Waals surface area contributed by atoms with Crippen molar-refractivity contribution in [2.75, 3.05) is 7.11 Å². The molecule has 3 rings (SSSR count). The first-order chi connectivity index (χ1) is 10.6. The van der Waals surface area contributed by atoms with Crippen molar-refractivity contribution in [3.63, 3.8) is 0 Å². The van der Waals surface area contributed by atoms with Gasteiger partial charge in [0, 0.05) is 25.1 Å². The number of rotatable bonds is 3. The summed E-state index contributed by atoms with van der Waals surface area (Å²) in [5.41, 5.74) is 0.449. The van der Waals surface area contributed by atoms with E-state index in [1.54, 1.807) is 6.20 Å². The minimum atomic E-state index is -0.629. The zero-order chi connectivity index (χ0) is 15.7. The zero-order valence-electron chi connectivity index (χ0n) is 11.7. The molecule has 0 unspecified atom stereocenters. The molecule has 0 radical (unpaired) electrons. The van der Waals surface area contributed by atoms with Crippen LogP contribution in [-0.4, -0.2) is 33.5 Å². The first-order valence-corrected chi connectivity index (χ1v) is 7.00. The van der Waals surface area contributed by atoms with Gasteiger partial charge in [-0.15, -0.1) is 5.10 Å². The SMILES string of the molecule is COc1nnc2c(Cl)c(C(=O)OC3=CC(=O)CCC3)ccn12. The van der Waals surface area contributed by atoms with Gasteiger partial charge in [-0.3, -0.25) is 9.20 Å². The first-order valence-electron chi connectivity index (χ1n) is 6.63. The van der Waals surface area contributed by atoms with E-state index < -0.39 is 5.97 Å². The van der Waals surface area contributed by atoms with Crippen LogP contribution in [0.15, 0.2) is 24.1 Å². The third-order valence-corrected chi connectivity index (χ3v) is 3.65. The van der Waals surface area contributed by atoms with Crippen LogP contribution in [-0.2, 0) is 9.53 Å². The topological polar surface area (TPSA) is 82.8 Å². The lowest BCUT2D eigenvalue weighted by atomic mass is 10.1. The van der Waals surface area contributed by atoms with Gasteiger partial charge in [0.2, 0.25) is 0 Å². The molecule has 7 nitrogen and oxygen atoms in total. The molecule has 1 aliphatic rings. The first kappa shape index (κ1) is 14.5. The molecule has 0 saturated carbocycles. The molecule has 0 atom stereocenters. The van der Waals surface area contributed by atoms with Gasteiger partial charge in [0.05, 0.1) is 12.7 Å². The van der Waals surface area contributed by atoms with Crippen LogP contribution in [0, 0.1) is 0 Å². The molecule has 0 saturated heterocycles. The third-order valence-electron chi connectivity index (χ3n) is 3.28. The van der Waals surface area contributed by atoms with E-state index in [-0.39, 0.29) is 22.4 Å². The van der Waals surface area contributed by atoms with E-state index in [0.29, 0.717) is 30.7 Å². The second-order valence-electron chi connectivity index (χ2n) is 4.74. The number of aromatic nitrogens is 3. The number of hydrogen-bond donors (Lipinski definition) is 0. The second kappa shape index (κ2) is 5.76. The summed E-state index contributed by atoms with van der Waals surface area (Å²) in [6.45, 7) is 0. The van der Waals surface area contributed by atoms with Gasteiger partial charge in [0.1, 0.15) is 10.8 Å². The van der Waals surface area contributed by atoms with Crippen LogP contribution in [0.1, 0.15) is 29.6 Å². The van der Waals surface area contributed by atoms with Gasteiger partial charge >= 0.3 is 12.0 Å². The molecule has 0 aromatic carbocycles. The van der Waals surface area contributed by atoms with E-state index in [1.165, 1.54) is 23.7 Å². The number of allylic oxidation sites excluding steroid dienone is 2. The summed E-state index contributed by atoms with van der Waals surface area (Å²) in [6, 6.07) is 1.76. The van der Waals surface area contributed by atoms with Crippen LogP contribution in [0.4, 0.5) is 0 Å². The summed E-state index contributed by atoms with van der Waals surface area (Å²) in [6.07, 6.45) is 4.63. The Labute approximate surface area is 130 Å². The molecule has 0 spiro atoms. The highest BCUT2D eigenvalue weighted by Gasteiger charge is 2.21. The summed E-state index contributed by atoms with van der Waals surface area (Å²) in [7, 11) is 1.46. The standard InChI is InChI=1S/C14H12ClN3O4/c1-21-14-17-16-12-11(15)10(5-6-18(12)14)13(20)22-9-4-2-3-8(19)7-9/h5-7H,2-4H2,1H3. The number of ketones is 1. The van der Waals surface area contributed by atoms with Gasteiger partial charge in [-0.2, -0.15) is 0 Å².